The molecule has 0 fully saturated rings. The number of halogens is 2. The Morgan fingerprint density at radius 2 is 1.40 bits per heavy atom. The average Bonchev–Trinajstić information content (AvgIpc) is 3.52. The Labute approximate surface area is 258 Å². The summed E-state index contributed by atoms with van der Waals surface area (Å²) in [5.41, 5.74) is 1.45. The summed E-state index contributed by atoms with van der Waals surface area (Å²) in [6.45, 7) is 0.246. The average molecular weight is 698 g/mol. The number of cyclic esters (lactones) is 2. The molecule has 4 aromatic rings. The Hall–Kier alpha value is -3.99. The second kappa shape index (κ2) is 14.3. The van der Waals surface area contributed by atoms with E-state index in [1.807, 2.05) is 84.9 Å². The van der Waals surface area contributed by atoms with Crippen LogP contribution >= 0.6 is 31.9 Å². The van der Waals surface area contributed by atoms with Crippen LogP contribution in [0.4, 0.5) is 0 Å². The van der Waals surface area contributed by atoms with E-state index in [2.05, 4.69) is 36.6 Å². The van der Waals surface area contributed by atoms with E-state index >= 15 is 0 Å². The predicted octanol–water partition coefficient (Wildman–Crippen LogP) is 6.50. The van der Waals surface area contributed by atoms with Crippen molar-refractivity contribution in [3.8, 4) is 0 Å². The number of benzene rings is 4. The number of carbonyl (C=O) groups is 3. The van der Waals surface area contributed by atoms with E-state index in [0.29, 0.717) is 21.6 Å². The van der Waals surface area contributed by atoms with Crippen molar-refractivity contribution in [1.29, 1.82) is 0 Å². The van der Waals surface area contributed by atoms with Crippen molar-refractivity contribution in [3.05, 3.63) is 117 Å². The first-order valence-electron chi connectivity index (χ1n) is 12.6. The maximum absolute atomic E-state index is 11.6. The molecule has 0 saturated heterocycles. The first-order chi connectivity index (χ1) is 20.3. The van der Waals surface area contributed by atoms with Gasteiger partial charge in [0.15, 0.2) is 30.5 Å². The lowest BCUT2D eigenvalue weighted by Crippen LogP contribution is -2.22. The molecule has 0 aromatic heterocycles. The van der Waals surface area contributed by atoms with Crippen LogP contribution in [0.1, 0.15) is 22.0 Å². The van der Waals surface area contributed by atoms with Gasteiger partial charge in [0.25, 0.3) is 0 Å². The second-order valence-corrected chi connectivity index (χ2v) is 10.5. The standard InChI is InChI=1S/C16H13BrO4.C11H8O.C5H5BrO3/c1-20-14-12(17)16(19)21-15(14)13(18)11-8-4-6-9-5-2-3-7-10(9)11;12-8-10-6-3-5-9-4-1-2-7-11(9)10;1-8-3-2-9-5(7)4(3)6/h2-8,13,15,18H,1H3;1-8H;2H2,1H3. The molecule has 2 aliphatic rings. The van der Waals surface area contributed by atoms with Crippen LogP contribution in [0.15, 0.2) is 105 Å². The summed E-state index contributed by atoms with van der Waals surface area (Å²) >= 11 is 6.14. The van der Waals surface area contributed by atoms with E-state index in [1.54, 1.807) is 0 Å². The summed E-state index contributed by atoms with van der Waals surface area (Å²) in [4.78, 5) is 32.8. The van der Waals surface area contributed by atoms with Crippen molar-refractivity contribution in [3.63, 3.8) is 0 Å². The fraction of sp³-hybridized carbons (Fsp3) is 0.156. The molecule has 0 bridgehead atoms. The van der Waals surface area contributed by atoms with E-state index in [4.69, 9.17) is 14.2 Å². The maximum atomic E-state index is 11.6. The number of carbonyl (C=O) groups excluding carboxylic acids is 3. The largest absolute Gasteiger partial charge is 0.496 e. The molecule has 0 aliphatic carbocycles. The Kier molecular flexibility index (Phi) is 10.5. The van der Waals surface area contributed by atoms with Crippen LogP contribution in [0.25, 0.3) is 21.5 Å². The van der Waals surface area contributed by atoms with Crippen LogP contribution in [0, 0.1) is 0 Å². The minimum Gasteiger partial charge on any atom is -0.496 e. The van der Waals surface area contributed by atoms with Crippen LogP contribution in [0.2, 0.25) is 0 Å². The van der Waals surface area contributed by atoms with Crippen molar-refractivity contribution >= 4 is 71.6 Å². The molecule has 1 N–H and O–H groups in total. The molecule has 2 aliphatic heterocycles. The van der Waals surface area contributed by atoms with Crippen LogP contribution in [-0.2, 0) is 28.5 Å². The highest BCUT2D eigenvalue weighted by Crippen LogP contribution is 2.37. The van der Waals surface area contributed by atoms with Gasteiger partial charge in [-0.2, -0.15) is 0 Å². The lowest BCUT2D eigenvalue weighted by Gasteiger charge is -2.21. The summed E-state index contributed by atoms with van der Waals surface area (Å²) in [6, 6.07) is 27.0. The molecular weight excluding hydrogens is 672 g/mol. The summed E-state index contributed by atoms with van der Waals surface area (Å²) in [5, 5.41) is 14.7. The number of hydrogen-bond acceptors (Lipinski definition) is 8. The number of aldehydes is 1. The maximum Gasteiger partial charge on any atom is 0.349 e. The number of fused-ring (bicyclic) bond motifs is 2. The Balaban J connectivity index is 0.000000162. The zero-order valence-electron chi connectivity index (χ0n) is 22.6. The summed E-state index contributed by atoms with van der Waals surface area (Å²) in [5.74, 6) is -0.0246. The van der Waals surface area contributed by atoms with Gasteiger partial charge in [0, 0.05) is 5.56 Å². The predicted molar refractivity (Wildman–Crippen MR) is 165 cm³/mol. The number of aliphatic hydroxyl groups is 1. The molecule has 4 aromatic carbocycles. The summed E-state index contributed by atoms with van der Waals surface area (Å²) in [6.07, 6.45) is -0.949. The van der Waals surface area contributed by atoms with E-state index in [0.717, 1.165) is 33.4 Å². The van der Waals surface area contributed by atoms with E-state index in [9.17, 15) is 19.5 Å². The van der Waals surface area contributed by atoms with Crippen molar-refractivity contribution in [1.82, 2.24) is 0 Å². The van der Waals surface area contributed by atoms with E-state index in [1.165, 1.54) is 14.2 Å². The number of esters is 2. The van der Waals surface area contributed by atoms with Crippen molar-refractivity contribution in [2.45, 2.75) is 12.2 Å². The van der Waals surface area contributed by atoms with Gasteiger partial charge in [0.1, 0.15) is 15.1 Å². The zero-order chi connectivity index (χ0) is 30.2. The van der Waals surface area contributed by atoms with Crippen LogP contribution < -0.4 is 0 Å². The van der Waals surface area contributed by atoms with Gasteiger partial charge in [-0.25, -0.2) is 9.59 Å². The molecule has 0 amide bonds. The van der Waals surface area contributed by atoms with Gasteiger partial charge in [-0.15, -0.1) is 0 Å². The highest BCUT2D eigenvalue weighted by atomic mass is 79.9. The third-order valence-corrected chi connectivity index (χ3v) is 7.97. The van der Waals surface area contributed by atoms with Gasteiger partial charge in [0.2, 0.25) is 0 Å². The molecule has 0 radical (unpaired) electrons. The molecule has 8 nitrogen and oxygen atoms in total. The molecule has 0 saturated carbocycles. The number of hydrogen-bond donors (Lipinski definition) is 1. The number of methoxy groups -OCH3 is 2. The minimum atomic E-state index is -0.995. The lowest BCUT2D eigenvalue weighted by molar-refractivity contribution is -0.144. The number of aliphatic hydroxyl groups excluding tert-OH is 1. The van der Waals surface area contributed by atoms with E-state index < -0.39 is 18.2 Å². The Bertz CT molecular complexity index is 1680. The minimum absolute atomic E-state index is 0.217. The van der Waals surface area contributed by atoms with Gasteiger partial charge < -0.3 is 24.1 Å². The Morgan fingerprint density at radius 3 is 1.98 bits per heavy atom. The summed E-state index contributed by atoms with van der Waals surface area (Å²) in [7, 11) is 2.94. The fourth-order valence-corrected chi connectivity index (χ4v) is 5.28. The van der Waals surface area contributed by atoms with Crippen LogP contribution in [0.3, 0.4) is 0 Å². The van der Waals surface area contributed by atoms with Gasteiger partial charge in [-0.3, -0.25) is 4.79 Å². The molecule has 6 rings (SSSR count). The molecular formula is C32H26Br2O8. The first-order valence-corrected chi connectivity index (χ1v) is 14.2. The monoisotopic (exact) mass is 696 g/mol. The molecule has 42 heavy (non-hydrogen) atoms. The van der Waals surface area contributed by atoms with Crippen molar-refractivity contribution in [2.75, 3.05) is 20.8 Å². The third-order valence-electron chi connectivity index (χ3n) is 6.49. The molecule has 10 heteroatoms. The van der Waals surface area contributed by atoms with Crippen LogP contribution in [0.5, 0.6) is 0 Å². The number of rotatable bonds is 5. The third kappa shape index (κ3) is 6.73. The van der Waals surface area contributed by atoms with Gasteiger partial charge in [-0.1, -0.05) is 84.9 Å². The quantitative estimate of drug-likeness (QED) is 0.186. The van der Waals surface area contributed by atoms with Crippen LogP contribution in [-0.4, -0.2) is 50.3 Å². The molecule has 2 atom stereocenters. The van der Waals surface area contributed by atoms with Gasteiger partial charge in [0.05, 0.1) is 14.2 Å². The molecule has 216 valence electrons. The van der Waals surface area contributed by atoms with Gasteiger partial charge >= 0.3 is 11.9 Å². The lowest BCUT2D eigenvalue weighted by atomic mass is 9.97. The number of ether oxygens (including phenoxy) is 4. The molecule has 2 heterocycles. The second-order valence-electron chi connectivity index (χ2n) is 8.93. The SMILES string of the molecule is COC1=C(Br)C(=O)OC1.COC1=C(Br)C(=O)OC1C(O)c1cccc2ccccc12.O=Cc1cccc2ccccc12. The topological polar surface area (TPSA) is 108 Å². The zero-order valence-corrected chi connectivity index (χ0v) is 25.8. The summed E-state index contributed by atoms with van der Waals surface area (Å²) < 4.78 is 20.4. The van der Waals surface area contributed by atoms with Crippen molar-refractivity contribution in [2.24, 2.45) is 0 Å². The highest BCUT2D eigenvalue weighted by Gasteiger charge is 2.40. The first kappa shape index (κ1) is 31.0. The van der Waals surface area contributed by atoms with Gasteiger partial charge in [-0.05, 0) is 59.0 Å². The Morgan fingerprint density at radius 1 is 0.810 bits per heavy atom. The fourth-order valence-electron chi connectivity index (χ4n) is 4.40. The normalized spacial score (nSPS) is 16.6. The molecule has 2 unspecified atom stereocenters. The smallest absolute Gasteiger partial charge is 0.349 e. The highest BCUT2D eigenvalue weighted by molar-refractivity contribution is 9.12. The molecule has 0 spiro atoms. The van der Waals surface area contributed by atoms with Crippen molar-refractivity contribution < 1.29 is 38.4 Å². The van der Waals surface area contributed by atoms with E-state index in [-0.39, 0.29) is 17.1 Å².